The first kappa shape index (κ1) is 10.9. The molecule has 5 heteroatoms. The summed E-state index contributed by atoms with van der Waals surface area (Å²) in [5.74, 6) is 0. The first-order valence-corrected chi connectivity index (χ1v) is 4.55. The summed E-state index contributed by atoms with van der Waals surface area (Å²) in [4.78, 5) is 11.3. The molecule has 5 nitrogen and oxygen atoms in total. The van der Waals surface area contributed by atoms with Gasteiger partial charge < -0.3 is 10.5 Å². The molecule has 1 rings (SSSR count). The summed E-state index contributed by atoms with van der Waals surface area (Å²) in [6.07, 6.45) is 1.66. The van der Waals surface area contributed by atoms with Gasteiger partial charge in [-0.1, -0.05) is 0 Å². The SMILES string of the molecule is Cc1cnn(CCOCCN)c(=O)c1. The van der Waals surface area contributed by atoms with Gasteiger partial charge in [-0.15, -0.1) is 0 Å². The van der Waals surface area contributed by atoms with Crippen molar-refractivity contribution in [2.75, 3.05) is 19.8 Å². The number of aryl methyl sites for hydroxylation is 1. The number of hydrogen-bond donors (Lipinski definition) is 1. The van der Waals surface area contributed by atoms with E-state index in [2.05, 4.69) is 5.10 Å². The first-order valence-electron chi connectivity index (χ1n) is 4.55. The van der Waals surface area contributed by atoms with Crippen LogP contribution in [0.4, 0.5) is 0 Å². The molecule has 1 heterocycles. The van der Waals surface area contributed by atoms with Gasteiger partial charge in [-0.05, 0) is 12.5 Å². The molecule has 0 aliphatic heterocycles. The predicted octanol–water partition coefficient (Wildman–Crippen LogP) is -0.473. The quantitative estimate of drug-likeness (QED) is 0.648. The van der Waals surface area contributed by atoms with Gasteiger partial charge in [-0.2, -0.15) is 5.10 Å². The van der Waals surface area contributed by atoms with Gasteiger partial charge in [0.25, 0.3) is 5.56 Å². The Labute approximate surface area is 82.5 Å². The van der Waals surface area contributed by atoms with Crippen molar-refractivity contribution in [2.45, 2.75) is 13.5 Å². The van der Waals surface area contributed by atoms with Gasteiger partial charge in [0.05, 0.1) is 26.0 Å². The molecule has 0 fully saturated rings. The lowest BCUT2D eigenvalue weighted by Crippen LogP contribution is -2.25. The van der Waals surface area contributed by atoms with Crippen molar-refractivity contribution < 1.29 is 4.74 Å². The highest BCUT2D eigenvalue weighted by Gasteiger charge is 1.96. The summed E-state index contributed by atoms with van der Waals surface area (Å²) in [5, 5.41) is 3.97. The number of nitrogens with two attached hydrogens (primary N) is 1. The Morgan fingerprint density at radius 1 is 1.57 bits per heavy atom. The lowest BCUT2D eigenvalue weighted by atomic mass is 10.3. The van der Waals surface area contributed by atoms with Crippen LogP contribution in [-0.2, 0) is 11.3 Å². The van der Waals surface area contributed by atoms with Gasteiger partial charge >= 0.3 is 0 Å². The van der Waals surface area contributed by atoms with Crippen molar-refractivity contribution in [1.82, 2.24) is 9.78 Å². The van der Waals surface area contributed by atoms with Crippen LogP contribution >= 0.6 is 0 Å². The second-order valence-corrected chi connectivity index (χ2v) is 3.00. The summed E-state index contributed by atoms with van der Waals surface area (Å²) in [6, 6.07) is 1.55. The minimum atomic E-state index is -0.0960. The molecule has 0 spiro atoms. The van der Waals surface area contributed by atoms with E-state index in [1.165, 1.54) is 4.68 Å². The van der Waals surface area contributed by atoms with Crippen LogP contribution in [-0.4, -0.2) is 29.5 Å². The molecular formula is C9H15N3O2. The van der Waals surface area contributed by atoms with E-state index < -0.39 is 0 Å². The predicted molar refractivity (Wildman–Crippen MR) is 53.1 cm³/mol. The van der Waals surface area contributed by atoms with Crippen molar-refractivity contribution in [2.24, 2.45) is 5.73 Å². The van der Waals surface area contributed by atoms with E-state index in [4.69, 9.17) is 10.5 Å². The van der Waals surface area contributed by atoms with Gasteiger partial charge in [0.2, 0.25) is 0 Å². The van der Waals surface area contributed by atoms with E-state index in [1.54, 1.807) is 12.3 Å². The summed E-state index contributed by atoms with van der Waals surface area (Å²) in [5.41, 5.74) is 6.02. The molecule has 0 aliphatic rings. The van der Waals surface area contributed by atoms with Crippen LogP contribution in [0.1, 0.15) is 5.56 Å². The molecule has 0 saturated carbocycles. The van der Waals surface area contributed by atoms with Crippen molar-refractivity contribution in [1.29, 1.82) is 0 Å². The van der Waals surface area contributed by atoms with Crippen LogP contribution in [0.2, 0.25) is 0 Å². The molecule has 78 valence electrons. The maximum atomic E-state index is 11.3. The third kappa shape index (κ3) is 3.27. The summed E-state index contributed by atoms with van der Waals surface area (Å²) in [7, 11) is 0. The second-order valence-electron chi connectivity index (χ2n) is 3.00. The van der Waals surface area contributed by atoms with Crippen LogP contribution in [0.5, 0.6) is 0 Å². The number of aromatic nitrogens is 2. The van der Waals surface area contributed by atoms with Crippen LogP contribution in [0, 0.1) is 6.92 Å². The number of rotatable bonds is 5. The highest BCUT2D eigenvalue weighted by atomic mass is 16.5. The zero-order chi connectivity index (χ0) is 10.4. The monoisotopic (exact) mass is 197 g/mol. The highest BCUT2D eigenvalue weighted by Crippen LogP contribution is 1.86. The zero-order valence-corrected chi connectivity index (χ0v) is 8.27. The number of hydrogen-bond acceptors (Lipinski definition) is 4. The molecule has 0 saturated heterocycles. The van der Waals surface area contributed by atoms with Crippen LogP contribution in [0.3, 0.4) is 0 Å². The third-order valence-corrected chi connectivity index (χ3v) is 1.72. The van der Waals surface area contributed by atoms with E-state index in [0.29, 0.717) is 26.3 Å². The molecule has 0 aromatic carbocycles. The minimum absolute atomic E-state index is 0.0960. The standard InChI is InChI=1S/C9H15N3O2/c1-8-6-9(13)12(11-7-8)3-5-14-4-2-10/h6-7H,2-5,10H2,1H3. The Hall–Kier alpha value is -1.20. The molecule has 0 atom stereocenters. The van der Waals surface area contributed by atoms with E-state index in [9.17, 15) is 4.79 Å². The maximum Gasteiger partial charge on any atom is 0.267 e. The average Bonchev–Trinajstić information content (AvgIpc) is 2.15. The van der Waals surface area contributed by atoms with E-state index in [1.807, 2.05) is 6.92 Å². The van der Waals surface area contributed by atoms with Gasteiger partial charge in [0, 0.05) is 12.6 Å². The van der Waals surface area contributed by atoms with Crippen LogP contribution in [0.25, 0.3) is 0 Å². The smallest absolute Gasteiger partial charge is 0.267 e. The average molecular weight is 197 g/mol. The van der Waals surface area contributed by atoms with E-state index >= 15 is 0 Å². The van der Waals surface area contributed by atoms with E-state index in [-0.39, 0.29) is 5.56 Å². The first-order chi connectivity index (χ1) is 6.74. The Morgan fingerprint density at radius 2 is 2.36 bits per heavy atom. The summed E-state index contributed by atoms with van der Waals surface area (Å²) < 4.78 is 6.53. The number of ether oxygens (including phenoxy) is 1. The lowest BCUT2D eigenvalue weighted by molar-refractivity contribution is 0.129. The van der Waals surface area contributed by atoms with Crippen LogP contribution < -0.4 is 11.3 Å². The molecule has 1 aromatic heterocycles. The fourth-order valence-corrected chi connectivity index (χ4v) is 1.03. The molecule has 14 heavy (non-hydrogen) atoms. The van der Waals surface area contributed by atoms with Gasteiger partial charge in [-0.3, -0.25) is 4.79 Å². The molecular weight excluding hydrogens is 182 g/mol. The van der Waals surface area contributed by atoms with Crippen molar-refractivity contribution in [3.05, 3.63) is 28.2 Å². The maximum absolute atomic E-state index is 11.3. The normalized spacial score (nSPS) is 10.4. The fourth-order valence-electron chi connectivity index (χ4n) is 1.03. The molecule has 0 radical (unpaired) electrons. The lowest BCUT2D eigenvalue weighted by Gasteiger charge is -2.04. The van der Waals surface area contributed by atoms with E-state index in [0.717, 1.165) is 5.56 Å². The topological polar surface area (TPSA) is 70.1 Å². The Bertz CT molecular complexity index is 335. The van der Waals surface area contributed by atoms with Crippen molar-refractivity contribution in [3.63, 3.8) is 0 Å². The fraction of sp³-hybridized carbons (Fsp3) is 0.556. The summed E-state index contributed by atoms with van der Waals surface area (Å²) >= 11 is 0. The second kappa shape index (κ2) is 5.51. The number of nitrogens with zero attached hydrogens (tertiary/aromatic N) is 2. The Kier molecular flexibility index (Phi) is 4.28. The van der Waals surface area contributed by atoms with Crippen molar-refractivity contribution >= 4 is 0 Å². The van der Waals surface area contributed by atoms with Gasteiger partial charge in [0.1, 0.15) is 0 Å². The van der Waals surface area contributed by atoms with Crippen LogP contribution in [0.15, 0.2) is 17.1 Å². The zero-order valence-electron chi connectivity index (χ0n) is 8.27. The molecule has 0 amide bonds. The molecule has 0 unspecified atom stereocenters. The Morgan fingerprint density at radius 3 is 3.00 bits per heavy atom. The molecule has 0 bridgehead atoms. The van der Waals surface area contributed by atoms with Gasteiger partial charge in [0.15, 0.2) is 0 Å². The third-order valence-electron chi connectivity index (χ3n) is 1.72. The molecule has 2 N–H and O–H groups in total. The molecule has 1 aromatic rings. The summed E-state index contributed by atoms with van der Waals surface area (Å²) in [6.45, 7) is 3.78. The van der Waals surface area contributed by atoms with Gasteiger partial charge in [-0.25, -0.2) is 4.68 Å². The largest absolute Gasteiger partial charge is 0.378 e. The molecule has 0 aliphatic carbocycles. The highest BCUT2D eigenvalue weighted by molar-refractivity contribution is 5.02. The van der Waals surface area contributed by atoms with Crippen molar-refractivity contribution in [3.8, 4) is 0 Å². The Balaban J connectivity index is 2.47. The minimum Gasteiger partial charge on any atom is -0.378 e.